The van der Waals surface area contributed by atoms with Crippen LogP contribution in [0.5, 0.6) is 0 Å². The van der Waals surface area contributed by atoms with Gasteiger partial charge in [0.2, 0.25) is 5.95 Å². The summed E-state index contributed by atoms with van der Waals surface area (Å²) in [5.74, 6) is -0.590. The van der Waals surface area contributed by atoms with Crippen LogP contribution in [0.15, 0.2) is 29.3 Å². The molecule has 0 amide bonds. The highest BCUT2D eigenvalue weighted by atomic mass is 32.2. The minimum absolute atomic E-state index is 0.0654. The summed E-state index contributed by atoms with van der Waals surface area (Å²) in [5.41, 5.74) is 2.55. The van der Waals surface area contributed by atoms with Crippen molar-refractivity contribution in [2.24, 2.45) is 0 Å². The number of hydrogen-bond acceptors (Lipinski definition) is 8. The van der Waals surface area contributed by atoms with Crippen molar-refractivity contribution in [3.63, 3.8) is 0 Å². The Morgan fingerprint density at radius 2 is 2.04 bits per heavy atom. The van der Waals surface area contributed by atoms with E-state index < -0.39 is 27.6 Å². The van der Waals surface area contributed by atoms with Crippen molar-refractivity contribution in [3.05, 3.63) is 35.5 Å². The molecule has 146 valence electrons. The lowest BCUT2D eigenvalue weighted by Crippen LogP contribution is -2.21. The van der Waals surface area contributed by atoms with Crippen molar-refractivity contribution in [3.8, 4) is 0 Å². The number of fused-ring (bicyclic) bond motifs is 1. The zero-order chi connectivity index (χ0) is 19.8. The Kier molecular flexibility index (Phi) is 4.97. The van der Waals surface area contributed by atoms with E-state index in [1.165, 1.54) is 26.3 Å². The third-order valence-electron chi connectivity index (χ3n) is 3.95. The average molecular weight is 403 g/mol. The van der Waals surface area contributed by atoms with Gasteiger partial charge >= 0.3 is 6.18 Å². The summed E-state index contributed by atoms with van der Waals surface area (Å²) in [6, 6.07) is 3.92. The molecule has 1 aliphatic heterocycles. The second-order valence-electron chi connectivity index (χ2n) is 5.74. The molecule has 1 aromatic heterocycles. The van der Waals surface area contributed by atoms with E-state index in [4.69, 9.17) is 4.84 Å². The summed E-state index contributed by atoms with van der Waals surface area (Å²) in [5, 5.41) is 5.17. The third kappa shape index (κ3) is 3.82. The van der Waals surface area contributed by atoms with Crippen LogP contribution >= 0.6 is 0 Å². The quantitative estimate of drug-likeness (QED) is 0.653. The van der Waals surface area contributed by atoms with Gasteiger partial charge in [-0.05, 0) is 23.8 Å². The van der Waals surface area contributed by atoms with E-state index in [0.717, 1.165) is 0 Å². The smallest absolute Gasteiger partial charge is 0.372 e. The van der Waals surface area contributed by atoms with E-state index in [1.54, 1.807) is 6.07 Å². The van der Waals surface area contributed by atoms with Crippen LogP contribution in [0, 0.1) is 0 Å². The molecule has 2 heterocycles. The van der Waals surface area contributed by atoms with Gasteiger partial charge in [-0.1, -0.05) is 0 Å². The van der Waals surface area contributed by atoms with E-state index in [2.05, 4.69) is 26.1 Å². The fraction of sp³-hybridized carbons (Fsp3) is 0.333. The van der Waals surface area contributed by atoms with Gasteiger partial charge in [0.15, 0.2) is 9.84 Å². The van der Waals surface area contributed by atoms with E-state index in [1.807, 2.05) is 0 Å². The Hall–Kier alpha value is -2.44. The summed E-state index contributed by atoms with van der Waals surface area (Å²) in [7, 11) is -0.737. The molecule has 0 spiro atoms. The molecule has 1 atom stereocenters. The van der Waals surface area contributed by atoms with Gasteiger partial charge in [0.05, 0.1) is 23.8 Å². The molecule has 0 radical (unpaired) electrons. The molecule has 1 aromatic carbocycles. The molecule has 3 rings (SSSR count). The van der Waals surface area contributed by atoms with Crippen LogP contribution in [-0.4, -0.2) is 38.3 Å². The van der Waals surface area contributed by atoms with Crippen molar-refractivity contribution in [2.45, 2.75) is 17.1 Å². The first-order valence-corrected chi connectivity index (χ1v) is 9.35. The van der Waals surface area contributed by atoms with Crippen molar-refractivity contribution in [2.75, 3.05) is 30.5 Å². The summed E-state index contributed by atoms with van der Waals surface area (Å²) in [4.78, 5) is 12.5. The molecule has 0 fully saturated rings. The number of aromatic nitrogens is 2. The van der Waals surface area contributed by atoms with E-state index in [9.17, 15) is 21.6 Å². The minimum Gasteiger partial charge on any atom is -0.372 e. The molecule has 1 unspecified atom stereocenters. The Morgan fingerprint density at radius 1 is 1.30 bits per heavy atom. The number of hydroxylamine groups is 1. The number of hydrogen-bond donors (Lipinski definition) is 3. The highest BCUT2D eigenvalue weighted by Gasteiger charge is 2.36. The first-order valence-electron chi connectivity index (χ1n) is 7.70. The predicted octanol–water partition coefficient (Wildman–Crippen LogP) is 2.26. The highest BCUT2D eigenvalue weighted by molar-refractivity contribution is 7.91. The van der Waals surface area contributed by atoms with Crippen LogP contribution in [0.2, 0.25) is 0 Å². The largest absolute Gasteiger partial charge is 0.421 e. The second-order valence-corrected chi connectivity index (χ2v) is 7.74. The summed E-state index contributed by atoms with van der Waals surface area (Å²) in [6.45, 7) is 0. The molecule has 0 bridgehead atoms. The maximum Gasteiger partial charge on any atom is 0.421 e. The van der Waals surface area contributed by atoms with Crippen LogP contribution < -0.4 is 16.1 Å². The standard InChI is InChI=1S/C15H16F3N5O3S/c1-19-13-10(15(16,17)18)6-20-14(22-13)21-8-3-4-12-9(5-8)11(23-26-2)7-27(12,24)25/h3-6,11,23H,7H2,1-2H3,(H2,19,20,21,22). The number of nitrogens with one attached hydrogen (secondary N) is 3. The number of rotatable bonds is 5. The zero-order valence-corrected chi connectivity index (χ0v) is 15.1. The SMILES string of the molecule is CNc1nc(Nc2ccc3c(c2)C(NOC)CS3(=O)=O)ncc1C(F)(F)F. The number of anilines is 3. The van der Waals surface area contributed by atoms with Crippen molar-refractivity contribution in [1.29, 1.82) is 0 Å². The number of sulfone groups is 1. The number of nitrogens with zero attached hydrogens (tertiary/aromatic N) is 2. The fourth-order valence-corrected chi connectivity index (χ4v) is 4.49. The van der Waals surface area contributed by atoms with Crippen LogP contribution in [0.3, 0.4) is 0 Å². The van der Waals surface area contributed by atoms with Gasteiger partial charge in [-0.25, -0.2) is 13.4 Å². The van der Waals surface area contributed by atoms with E-state index in [-0.39, 0.29) is 22.4 Å². The lowest BCUT2D eigenvalue weighted by atomic mass is 10.1. The maximum atomic E-state index is 12.9. The average Bonchev–Trinajstić information content (AvgIpc) is 2.84. The lowest BCUT2D eigenvalue weighted by Gasteiger charge is -2.14. The second kappa shape index (κ2) is 6.94. The van der Waals surface area contributed by atoms with Crippen LogP contribution in [0.25, 0.3) is 0 Å². The molecule has 27 heavy (non-hydrogen) atoms. The van der Waals surface area contributed by atoms with Crippen LogP contribution in [-0.2, 0) is 20.9 Å². The summed E-state index contributed by atoms with van der Waals surface area (Å²) < 4.78 is 63.1. The highest BCUT2D eigenvalue weighted by Crippen LogP contribution is 2.36. The Labute approximate surface area is 153 Å². The van der Waals surface area contributed by atoms with Gasteiger partial charge in [-0.15, -0.1) is 0 Å². The van der Waals surface area contributed by atoms with Gasteiger partial charge in [0.1, 0.15) is 11.4 Å². The van der Waals surface area contributed by atoms with Crippen LogP contribution in [0.1, 0.15) is 17.2 Å². The molecule has 2 aromatic rings. The zero-order valence-electron chi connectivity index (χ0n) is 14.3. The maximum absolute atomic E-state index is 12.9. The van der Waals surface area contributed by atoms with E-state index in [0.29, 0.717) is 17.4 Å². The molecule has 8 nitrogen and oxygen atoms in total. The van der Waals surface area contributed by atoms with Gasteiger partial charge in [0.25, 0.3) is 0 Å². The first-order chi connectivity index (χ1) is 12.7. The van der Waals surface area contributed by atoms with Crippen LogP contribution in [0.4, 0.5) is 30.6 Å². The third-order valence-corrected chi connectivity index (χ3v) is 5.77. The normalized spacial score (nSPS) is 18.2. The van der Waals surface area contributed by atoms with Crippen molar-refractivity contribution < 1.29 is 26.4 Å². The van der Waals surface area contributed by atoms with Gasteiger partial charge < -0.3 is 15.5 Å². The molecular weight excluding hydrogens is 387 g/mol. The molecule has 12 heteroatoms. The number of alkyl halides is 3. The molecule has 3 N–H and O–H groups in total. The Bertz CT molecular complexity index is 966. The predicted molar refractivity (Wildman–Crippen MR) is 91.2 cm³/mol. The lowest BCUT2D eigenvalue weighted by molar-refractivity contribution is -0.137. The Morgan fingerprint density at radius 3 is 2.67 bits per heavy atom. The molecule has 0 saturated carbocycles. The minimum atomic E-state index is -4.59. The molecule has 0 saturated heterocycles. The molecule has 0 aliphatic carbocycles. The topological polar surface area (TPSA) is 105 Å². The monoisotopic (exact) mass is 403 g/mol. The van der Waals surface area contributed by atoms with Crippen molar-refractivity contribution in [1.82, 2.24) is 15.4 Å². The number of halogens is 3. The first kappa shape index (κ1) is 19.3. The van der Waals surface area contributed by atoms with Crippen molar-refractivity contribution >= 4 is 27.3 Å². The van der Waals surface area contributed by atoms with Gasteiger partial charge in [0, 0.05) is 18.9 Å². The molecule has 1 aliphatic rings. The Balaban J connectivity index is 1.93. The summed E-state index contributed by atoms with van der Waals surface area (Å²) >= 11 is 0. The van der Waals surface area contributed by atoms with E-state index >= 15 is 0 Å². The summed E-state index contributed by atoms with van der Waals surface area (Å²) in [6.07, 6.45) is -3.91. The number of benzene rings is 1. The van der Waals surface area contributed by atoms with Gasteiger partial charge in [-0.3, -0.25) is 0 Å². The molecular formula is C15H16F3N5O3S. The fourth-order valence-electron chi connectivity index (χ4n) is 2.79. The van der Waals surface area contributed by atoms with Gasteiger partial charge in [-0.2, -0.15) is 23.6 Å².